The zero-order valence-corrected chi connectivity index (χ0v) is 19.2. The minimum Gasteiger partial charge on any atom is -0.444 e. The van der Waals surface area contributed by atoms with Crippen molar-refractivity contribution in [2.75, 3.05) is 13.1 Å². The summed E-state index contributed by atoms with van der Waals surface area (Å²) in [7, 11) is 0. The van der Waals surface area contributed by atoms with E-state index in [9.17, 15) is 4.79 Å². The summed E-state index contributed by atoms with van der Waals surface area (Å²) in [5.41, 5.74) is 5.64. The largest absolute Gasteiger partial charge is 0.444 e. The Labute approximate surface area is 189 Å². The van der Waals surface area contributed by atoms with Crippen molar-refractivity contribution in [2.24, 2.45) is 0 Å². The molecule has 4 rings (SSSR count). The van der Waals surface area contributed by atoms with Crippen LogP contribution in [-0.4, -0.2) is 34.3 Å². The lowest BCUT2D eigenvalue weighted by atomic mass is 10.0. The Morgan fingerprint density at radius 3 is 2.48 bits per heavy atom. The Hall–Kier alpha value is -2.72. The fraction of sp³-hybridized carbons (Fsp3) is 0.346. The van der Waals surface area contributed by atoms with E-state index in [-0.39, 0.29) is 6.09 Å². The van der Waals surface area contributed by atoms with Crippen molar-refractivity contribution in [2.45, 2.75) is 45.8 Å². The van der Waals surface area contributed by atoms with Gasteiger partial charge in [0.1, 0.15) is 5.60 Å². The minimum atomic E-state index is -0.495. The molecule has 31 heavy (non-hydrogen) atoms. The van der Waals surface area contributed by atoms with Crippen LogP contribution >= 0.6 is 11.6 Å². The molecule has 0 unspecified atom stereocenters. The topological polar surface area (TPSA) is 34.5 Å². The highest BCUT2D eigenvalue weighted by Gasteiger charge is 2.27. The van der Waals surface area contributed by atoms with Crippen LogP contribution in [0, 0.1) is 0 Å². The molecule has 0 saturated carbocycles. The van der Waals surface area contributed by atoms with Gasteiger partial charge in [-0.05, 0) is 56.0 Å². The molecule has 0 atom stereocenters. The van der Waals surface area contributed by atoms with Gasteiger partial charge in [0, 0.05) is 48.5 Å². The lowest BCUT2D eigenvalue weighted by Gasteiger charge is -2.26. The normalized spacial score (nSPS) is 14.1. The van der Waals surface area contributed by atoms with E-state index >= 15 is 0 Å². The number of nitrogens with zero attached hydrogens (tertiary/aromatic N) is 2. The van der Waals surface area contributed by atoms with Crippen LogP contribution in [0.5, 0.6) is 0 Å². The fourth-order valence-corrected chi connectivity index (χ4v) is 4.34. The van der Waals surface area contributed by atoms with Gasteiger partial charge in [-0.2, -0.15) is 0 Å². The standard InChI is InChI=1S/C26H29ClN2O2/c1-26(2,3)31-25(30)28-14-12-22-23(20-10-7-11-21(27)16-20)18-29(24(22)13-15-28)17-19-8-5-4-6-9-19/h4-11,16,18H,12-15,17H2,1-3H3. The number of rotatable bonds is 3. The molecule has 2 heterocycles. The van der Waals surface area contributed by atoms with Gasteiger partial charge in [0.25, 0.3) is 0 Å². The van der Waals surface area contributed by atoms with E-state index in [1.165, 1.54) is 22.4 Å². The number of benzene rings is 2. The molecule has 0 spiro atoms. The highest BCUT2D eigenvalue weighted by atomic mass is 35.5. The summed E-state index contributed by atoms with van der Waals surface area (Å²) in [4.78, 5) is 14.5. The number of aromatic nitrogens is 1. The second-order valence-electron chi connectivity index (χ2n) is 9.06. The molecule has 0 radical (unpaired) electrons. The first-order valence-corrected chi connectivity index (χ1v) is 11.2. The molecule has 1 aliphatic heterocycles. The van der Waals surface area contributed by atoms with Gasteiger partial charge in [-0.3, -0.25) is 0 Å². The maximum absolute atomic E-state index is 12.7. The quantitative estimate of drug-likeness (QED) is 0.490. The number of carbonyl (C=O) groups excluding carboxylic acids is 1. The summed E-state index contributed by atoms with van der Waals surface area (Å²) < 4.78 is 7.96. The van der Waals surface area contributed by atoms with Gasteiger partial charge in [-0.15, -0.1) is 0 Å². The molecule has 0 N–H and O–H groups in total. The van der Waals surface area contributed by atoms with Crippen molar-refractivity contribution in [1.29, 1.82) is 0 Å². The maximum Gasteiger partial charge on any atom is 0.410 e. The lowest BCUT2D eigenvalue weighted by molar-refractivity contribution is 0.0258. The second kappa shape index (κ2) is 8.80. The third kappa shape index (κ3) is 5.13. The number of carbonyl (C=O) groups is 1. The van der Waals surface area contributed by atoms with Gasteiger partial charge < -0.3 is 14.2 Å². The van der Waals surface area contributed by atoms with E-state index in [0.717, 1.165) is 30.0 Å². The first-order chi connectivity index (χ1) is 14.8. The Balaban J connectivity index is 1.68. The highest BCUT2D eigenvalue weighted by molar-refractivity contribution is 6.30. The average Bonchev–Trinajstić information content (AvgIpc) is 2.90. The van der Waals surface area contributed by atoms with E-state index in [4.69, 9.17) is 16.3 Å². The summed E-state index contributed by atoms with van der Waals surface area (Å²) >= 11 is 6.30. The Kier molecular flexibility index (Phi) is 6.10. The number of halogens is 1. The van der Waals surface area contributed by atoms with Gasteiger partial charge in [-0.1, -0.05) is 54.1 Å². The number of hydrogen-bond donors (Lipinski definition) is 0. The van der Waals surface area contributed by atoms with Gasteiger partial charge in [0.15, 0.2) is 0 Å². The van der Waals surface area contributed by atoms with Crippen molar-refractivity contribution in [3.63, 3.8) is 0 Å². The molecule has 2 aromatic carbocycles. The zero-order valence-electron chi connectivity index (χ0n) is 18.4. The maximum atomic E-state index is 12.7. The first kappa shape index (κ1) is 21.5. The summed E-state index contributed by atoms with van der Waals surface area (Å²) in [6.45, 7) is 7.81. The molecular formula is C26H29ClN2O2. The van der Waals surface area contributed by atoms with Crippen LogP contribution in [0.3, 0.4) is 0 Å². The third-order valence-electron chi connectivity index (χ3n) is 5.54. The fourth-order valence-electron chi connectivity index (χ4n) is 4.15. The number of ether oxygens (including phenoxy) is 1. The molecule has 3 aromatic rings. The van der Waals surface area contributed by atoms with Crippen molar-refractivity contribution >= 4 is 17.7 Å². The first-order valence-electron chi connectivity index (χ1n) is 10.8. The Bertz CT molecular complexity index is 1070. The Morgan fingerprint density at radius 1 is 1.03 bits per heavy atom. The molecule has 0 aliphatic carbocycles. The third-order valence-corrected chi connectivity index (χ3v) is 5.77. The van der Waals surface area contributed by atoms with Crippen LogP contribution in [0.1, 0.15) is 37.6 Å². The molecular weight excluding hydrogens is 408 g/mol. The van der Waals surface area contributed by atoms with Crippen molar-refractivity contribution in [3.8, 4) is 11.1 Å². The Morgan fingerprint density at radius 2 is 1.77 bits per heavy atom. The minimum absolute atomic E-state index is 0.239. The summed E-state index contributed by atoms with van der Waals surface area (Å²) in [6, 6.07) is 18.5. The SMILES string of the molecule is CC(C)(C)OC(=O)N1CCc2c(-c3cccc(Cl)c3)cn(Cc3ccccc3)c2CC1. The molecule has 162 valence electrons. The summed E-state index contributed by atoms with van der Waals surface area (Å²) in [5, 5.41) is 0.728. The van der Waals surface area contributed by atoms with E-state index in [1.807, 2.05) is 49.9 Å². The van der Waals surface area contributed by atoms with Crippen molar-refractivity contribution < 1.29 is 9.53 Å². The predicted molar refractivity (Wildman–Crippen MR) is 126 cm³/mol. The van der Waals surface area contributed by atoms with E-state index in [1.54, 1.807) is 0 Å². The molecule has 1 aliphatic rings. The van der Waals surface area contributed by atoms with Gasteiger partial charge in [-0.25, -0.2) is 4.79 Å². The molecule has 4 nitrogen and oxygen atoms in total. The number of amides is 1. The molecule has 5 heteroatoms. The van der Waals surface area contributed by atoms with Crippen molar-refractivity contribution in [1.82, 2.24) is 9.47 Å². The van der Waals surface area contributed by atoms with Crippen LogP contribution in [-0.2, 0) is 24.1 Å². The van der Waals surface area contributed by atoms with E-state index in [2.05, 4.69) is 41.1 Å². The van der Waals surface area contributed by atoms with Gasteiger partial charge >= 0.3 is 6.09 Å². The highest BCUT2D eigenvalue weighted by Crippen LogP contribution is 2.33. The van der Waals surface area contributed by atoms with Crippen LogP contribution in [0.25, 0.3) is 11.1 Å². The van der Waals surface area contributed by atoms with E-state index in [0.29, 0.717) is 13.1 Å². The average molecular weight is 437 g/mol. The van der Waals surface area contributed by atoms with Crippen LogP contribution < -0.4 is 0 Å². The second-order valence-corrected chi connectivity index (χ2v) is 9.50. The molecule has 0 bridgehead atoms. The molecule has 0 saturated heterocycles. The number of fused-ring (bicyclic) bond motifs is 1. The summed E-state index contributed by atoms with van der Waals surface area (Å²) in [5.74, 6) is 0. The number of hydrogen-bond acceptors (Lipinski definition) is 2. The van der Waals surface area contributed by atoms with Crippen molar-refractivity contribution in [3.05, 3.63) is 82.6 Å². The zero-order chi connectivity index (χ0) is 22.0. The van der Waals surface area contributed by atoms with Crippen LogP contribution in [0.2, 0.25) is 5.02 Å². The predicted octanol–water partition coefficient (Wildman–Crippen LogP) is 6.19. The summed E-state index contributed by atoms with van der Waals surface area (Å²) in [6.07, 6.45) is 3.59. The monoisotopic (exact) mass is 436 g/mol. The van der Waals surface area contributed by atoms with Gasteiger partial charge in [0.2, 0.25) is 0 Å². The van der Waals surface area contributed by atoms with E-state index < -0.39 is 5.60 Å². The lowest BCUT2D eigenvalue weighted by Crippen LogP contribution is -2.38. The molecule has 1 amide bonds. The molecule has 0 fully saturated rings. The van der Waals surface area contributed by atoms with Crippen LogP contribution in [0.4, 0.5) is 4.79 Å². The van der Waals surface area contributed by atoms with Crippen LogP contribution in [0.15, 0.2) is 60.8 Å². The van der Waals surface area contributed by atoms with Gasteiger partial charge in [0.05, 0.1) is 0 Å². The molecule has 1 aromatic heterocycles. The smallest absolute Gasteiger partial charge is 0.410 e.